The van der Waals surface area contributed by atoms with Crippen LogP contribution in [0.4, 0.5) is 13.2 Å². The van der Waals surface area contributed by atoms with Crippen molar-refractivity contribution in [3.63, 3.8) is 0 Å². The Labute approximate surface area is 252 Å². The van der Waals surface area contributed by atoms with Gasteiger partial charge in [0.25, 0.3) is 11.8 Å². The molecule has 3 aromatic rings. The van der Waals surface area contributed by atoms with Crippen molar-refractivity contribution >= 4 is 29.1 Å². The molecule has 0 saturated carbocycles. The van der Waals surface area contributed by atoms with Gasteiger partial charge in [-0.3, -0.25) is 14.6 Å². The monoisotopic (exact) mass is 612 g/mol. The number of hydrazone groups is 1. The number of rotatable bonds is 5. The number of nitrogens with zero attached hydrogens (tertiary/aromatic N) is 6. The van der Waals surface area contributed by atoms with Crippen LogP contribution in [0.5, 0.6) is 0 Å². The number of amides is 2. The number of hydrogen-bond donors (Lipinski definition) is 0. The smallest absolute Gasteiger partial charge is 0.338 e. The first-order valence-electron chi connectivity index (χ1n) is 14.4. The van der Waals surface area contributed by atoms with E-state index >= 15 is 0 Å². The Morgan fingerprint density at radius 3 is 2.19 bits per heavy atom. The van der Waals surface area contributed by atoms with Crippen molar-refractivity contribution in [3.8, 4) is 5.69 Å². The third-order valence-electron chi connectivity index (χ3n) is 8.76. The molecule has 3 aliphatic rings. The molecule has 0 aliphatic carbocycles. The summed E-state index contributed by atoms with van der Waals surface area (Å²) in [6.45, 7) is 1.94. The third kappa shape index (κ3) is 5.87. The molecule has 2 atom stereocenters. The SMILES string of the molecule is CN1N=C(C(=O)N2CCC(c3c(C(=O)N4CC[C@H](c5ccccc5)C4)cnn3-c3ccc(Cl)cc3)CC2)CC1C(F)(F)F. The zero-order valence-corrected chi connectivity index (χ0v) is 24.4. The van der Waals surface area contributed by atoms with Gasteiger partial charge in [-0.2, -0.15) is 23.4 Å². The molecule has 1 aromatic heterocycles. The van der Waals surface area contributed by atoms with Crippen LogP contribution in [0.25, 0.3) is 5.69 Å². The highest BCUT2D eigenvalue weighted by molar-refractivity contribution is 6.39. The van der Waals surface area contributed by atoms with Gasteiger partial charge < -0.3 is 9.80 Å². The van der Waals surface area contributed by atoms with E-state index in [-0.39, 0.29) is 23.5 Å². The normalized spacial score (nSPS) is 21.4. The Hall–Kier alpha value is -3.86. The fraction of sp³-hybridized carbons (Fsp3) is 0.419. The van der Waals surface area contributed by atoms with Gasteiger partial charge in [0.05, 0.1) is 23.1 Å². The Balaban J connectivity index is 1.21. The number of halogens is 4. The molecule has 2 fully saturated rings. The highest BCUT2D eigenvalue weighted by Crippen LogP contribution is 2.36. The van der Waals surface area contributed by atoms with Crippen LogP contribution in [0.2, 0.25) is 5.02 Å². The lowest BCUT2D eigenvalue weighted by atomic mass is 9.90. The number of piperidine rings is 1. The van der Waals surface area contributed by atoms with Gasteiger partial charge >= 0.3 is 6.18 Å². The van der Waals surface area contributed by atoms with Gasteiger partial charge in [-0.15, -0.1) is 0 Å². The maximum Gasteiger partial charge on any atom is 0.410 e. The lowest BCUT2D eigenvalue weighted by molar-refractivity contribution is -0.174. The molecular weight excluding hydrogens is 581 g/mol. The second-order valence-corrected chi connectivity index (χ2v) is 11.9. The Bertz CT molecular complexity index is 1520. The van der Waals surface area contributed by atoms with Crippen molar-refractivity contribution in [2.24, 2.45) is 5.10 Å². The molecule has 2 saturated heterocycles. The Kier molecular flexibility index (Phi) is 7.93. The van der Waals surface area contributed by atoms with Crippen LogP contribution in [0, 0.1) is 0 Å². The van der Waals surface area contributed by atoms with Crippen molar-refractivity contribution in [1.29, 1.82) is 0 Å². The van der Waals surface area contributed by atoms with Crippen molar-refractivity contribution in [2.75, 3.05) is 33.2 Å². The third-order valence-corrected chi connectivity index (χ3v) is 9.02. The topological polar surface area (TPSA) is 74.0 Å². The van der Waals surface area contributed by atoms with E-state index in [1.165, 1.54) is 12.6 Å². The van der Waals surface area contributed by atoms with E-state index < -0.39 is 24.5 Å². The van der Waals surface area contributed by atoms with E-state index in [0.717, 1.165) is 22.8 Å². The van der Waals surface area contributed by atoms with E-state index in [2.05, 4.69) is 22.3 Å². The molecule has 3 aliphatic heterocycles. The number of likely N-dealkylation sites (tertiary alicyclic amines) is 2. The molecule has 226 valence electrons. The largest absolute Gasteiger partial charge is 0.410 e. The van der Waals surface area contributed by atoms with Crippen LogP contribution < -0.4 is 0 Å². The molecule has 4 heterocycles. The number of alkyl halides is 3. The zero-order chi connectivity index (χ0) is 30.3. The van der Waals surface area contributed by atoms with Crippen LogP contribution in [-0.2, 0) is 4.79 Å². The molecule has 8 nitrogen and oxygen atoms in total. The summed E-state index contributed by atoms with van der Waals surface area (Å²) in [5.74, 6) is -0.370. The van der Waals surface area contributed by atoms with Crippen LogP contribution in [-0.4, -0.2) is 87.6 Å². The second-order valence-electron chi connectivity index (χ2n) is 11.4. The number of carbonyl (C=O) groups excluding carboxylic acids is 2. The van der Waals surface area contributed by atoms with Gasteiger partial charge in [-0.05, 0) is 49.1 Å². The maximum atomic E-state index is 13.9. The summed E-state index contributed by atoms with van der Waals surface area (Å²) in [5.41, 5.74) is 3.21. The first-order valence-corrected chi connectivity index (χ1v) is 14.8. The van der Waals surface area contributed by atoms with Crippen molar-refractivity contribution < 1.29 is 22.8 Å². The number of benzene rings is 2. The fourth-order valence-corrected chi connectivity index (χ4v) is 6.55. The molecular formula is C31H32ClF3N6O2. The predicted molar refractivity (Wildman–Crippen MR) is 156 cm³/mol. The molecule has 12 heteroatoms. The van der Waals surface area contributed by atoms with E-state index in [4.69, 9.17) is 11.6 Å². The van der Waals surface area contributed by atoms with E-state index in [0.29, 0.717) is 49.6 Å². The summed E-state index contributed by atoms with van der Waals surface area (Å²) in [4.78, 5) is 30.5. The first-order chi connectivity index (χ1) is 20.6. The summed E-state index contributed by atoms with van der Waals surface area (Å²) in [6.07, 6.45) is -1.36. The summed E-state index contributed by atoms with van der Waals surface area (Å²) in [5, 5.41) is 9.95. The van der Waals surface area contributed by atoms with Crippen LogP contribution in [0.1, 0.15) is 59.1 Å². The summed E-state index contributed by atoms with van der Waals surface area (Å²) < 4.78 is 41.8. The molecule has 43 heavy (non-hydrogen) atoms. The van der Waals surface area contributed by atoms with Gasteiger partial charge in [0, 0.05) is 56.5 Å². The number of aromatic nitrogens is 2. The van der Waals surface area contributed by atoms with Crippen molar-refractivity contribution in [3.05, 3.63) is 82.6 Å². The van der Waals surface area contributed by atoms with E-state index in [1.54, 1.807) is 27.9 Å². The van der Waals surface area contributed by atoms with Gasteiger partial charge in [-0.1, -0.05) is 41.9 Å². The summed E-state index contributed by atoms with van der Waals surface area (Å²) in [6, 6.07) is 15.6. The lowest BCUT2D eigenvalue weighted by Gasteiger charge is -2.33. The van der Waals surface area contributed by atoms with Crippen LogP contribution in [0.15, 0.2) is 65.9 Å². The predicted octanol–water partition coefficient (Wildman–Crippen LogP) is 5.48. The Morgan fingerprint density at radius 1 is 0.884 bits per heavy atom. The van der Waals surface area contributed by atoms with E-state index in [9.17, 15) is 22.8 Å². The standard InChI is InChI=1S/C31H32ClF3N6O2/c1-38-27(31(33,34)35)17-26(37-38)30(43)39-14-11-21(12-15-39)28-25(18-36-41(28)24-9-7-23(32)8-10-24)29(42)40-16-13-22(19-40)20-5-3-2-4-6-20/h2-10,18,21-22,27H,11-17,19H2,1H3/t22-,27?/m0/s1. The first kappa shape index (κ1) is 29.2. The maximum absolute atomic E-state index is 13.9. The zero-order valence-electron chi connectivity index (χ0n) is 23.7. The Morgan fingerprint density at radius 2 is 1.53 bits per heavy atom. The average molecular weight is 613 g/mol. The number of carbonyl (C=O) groups is 2. The van der Waals surface area contributed by atoms with Gasteiger partial charge in [0.15, 0.2) is 0 Å². The summed E-state index contributed by atoms with van der Waals surface area (Å²) >= 11 is 6.13. The minimum atomic E-state index is -4.47. The molecule has 2 amide bonds. The highest BCUT2D eigenvalue weighted by Gasteiger charge is 2.48. The molecule has 2 aromatic carbocycles. The molecule has 0 radical (unpaired) electrons. The highest BCUT2D eigenvalue weighted by atomic mass is 35.5. The molecule has 6 rings (SSSR count). The lowest BCUT2D eigenvalue weighted by Crippen LogP contribution is -2.43. The molecule has 0 bridgehead atoms. The van der Waals surface area contributed by atoms with Crippen molar-refractivity contribution in [2.45, 2.75) is 49.7 Å². The summed E-state index contributed by atoms with van der Waals surface area (Å²) in [7, 11) is 1.24. The average Bonchev–Trinajstić information content (AvgIpc) is 3.76. The molecule has 0 N–H and O–H groups in total. The van der Waals surface area contributed by atoms with Crippen LogP contribution >= 0.6 is 11.6 Å². The number of hydrogen-bond acceptors (Lipinski definition) is 5. The van der Waals surface area contributed by atoms with Crippen LogP contribution in [0.3, 0.4) is 0 Å². The van der Waals surface area contributed by atoms with Gasteiger partial charge in [-0.25, -0.2) is 4.68 Å². The fourth-order valence-electron chi connectivity index (χ4n) is 6.43. The quantitative estimate of drug-likeness (QED) is 0.382. The van der Waals surface area contributed by atoms with Gasteiger partial charge in [0.1, 0.15) is 11.8 Å². The van der Waals surface area contributed by atoms with Gasteiger partial charge in [0.2, 0.25) is 0 Å². The minimum Gasteiger partial charge on any atom is -0.338 e. The van der Waals surface area contributed by atoms with Crippen molar-refractivity contribution in [1.82, 2.24) is 24.6 Å². The molecule has 1 unspecified atom stereocenters. The van der Waals surface area contributed by atoms with E-state index in [1.807, 2.05) is 35.2 Å². The molecule has 0 spiro atoms. The minimum absolute atomic E-state index is 0.0753. The second kappa shape index (κ2) is 11.7.